The van der Waals surface area contributed by atoms with Gasteiger partial charge in [-0.25, -0.2) is 0 Å². The van der Waals surface area contributed by atoms with E-state index in [0.29, 0.717) is 17.9 Å². The summed E-state index contributed by atoms with van der Waals surface area (Å²) in [5.74, 6) is 0.823. The zero-order chi connectivity index (χ0) is 18.6. The molecule has 0 saturated heterocycles. The van der Waals surface area contributed by atoms with Gasteiger partial charge in [0.05, 0.1) is 6.61 Å². The molecule has 0 aliphatic rings. The predicted molar refractivity (Wildman–Crippen MR) is 109 cm³/mol. The highest BCUT2D eigenvalue weighted by Crippen LogP contribution is 2.19. The Kier molecular flexibility index (Phi) is 9.05. The Bertz CT molecular complexity index is 670. The molecule has 0 saturated carbocycles. The third kappa shape index (κ3) is 7.49. The fraction of sp³-hybridized carbons (Fsp3) is 0.409. The SMILES string of the molecule is CCCCCCCOc1ccc(NC(=O)CCc2ccccc2Cl)cc1. The van der Waals surface area contributed by atoms with Gasteiger partial charge in [-0.3, -0.25) is 4.79 Å². The first kappa shape index (κ1) is 20.3. The van der Waals surface area contributed by atoms with Gasteiger partial charge in [-0.15, -0.1) is 0 Å². The molecular formula is C22H28ClNO2. The van der Waals surface area contributed by atoms with Crippen LogP contribution >= 0.6 is 11.6 Å². The highest BCUT2D eigenvalue weighted by molar-refractivity contribution is 6.31. The first-order valence-corrected chi connectivity index (χ1v) is 9.83. The van der Waals surface area contributed by atoms with E-state index in [9.17, 15) is 4.79 Å². The van der Waals surface area contributed by atoms with Crippen LogP contribution < -0.4 is 10.1 Å². The van der Waals surface area contributed by atoms with Crippen molar-refractivity contribution in [3.63, 3.8) is 0 Å². The van der Waals surface area contributed by atoms with Crippen LogP contribution in [0.25, 0.3) is 0 Å². The van der Waals surface area contributed by atoms with E-state index in [1.54, 1.807) is 0 Å². The summed E-state index contributed by atoms with van der Waals surface area (Å²) in [5.41, 5.74) is 1.77. The van der Waals surface area contributed by atoms with Crippen LogP contribution in [0.2, 0.25) is 5.02 Å². The number of halogens is 1. The Hall–Kier alpha value is -2.00. The number of amides is 1. The van der Waals surface area contributed by atoms with Crippen molar-refractivity contribution in [3.8, 4) is 5.75 Å². The van der Waals surface area contributed by atoms with Crippen LogP contribution in [0.4, 0.5) is 5.69 Å². The molecule has 2 aromatic rings. The zero-order valence-electron chi connectivity index (χ0n) is 15.5. The molecule has 0 heterocycles. The lowest BCUT2D eigenvalue weighted by Crippen LogP contribution is -2.12. The maximum Gasteiger partial charge on any atom is 0.224 e. The quantitative estimate of drug-likeness (QED) is 0.472. The van der Waals surface area contributed by atoms with Gasteiger partial charge in [0.2, 0.25) is 5.91 Å². The number of rotatable bonds is 11. The van der Waals surface area contributed by atoms with Crippen molar-refractivity contribution in [1.29, 1.82) is 0 Å². The zero-order valence-corrected chi connectivity index (χ0v) is 16.2. The van der Waals surface area contributed by atoms with E-state index in [2.05, 4.69) is 12.2 Å². The molecule has 2 rings (SSSR count). The van der Waals surface area contributed by atoms with Gasteiger partial charge < -0.3 is 10.1 Å². The maximum absolute atomic E-state index is 12.1. The number of carbonyl (C=O) groups excluding carboxylic acids is 1. The van der Waals surface area contributed by atoms with Crippen LogP contribution in [0.15, 0.2) is 48.5 Å². The third-order valence-corrected chi connectivity index (χ3v) is 4.60. The van der Waals surface area contributed by atoms with Crippen LogP contribution in [0.5, 0.6) is 5.75 Å². The van der Waals surface area contributed by atoms with Crippen molar-refractivity contribution in [2.75, 3.05) is 11.9 Å². The van der Waals surface area contributed by atoms with E-state index in [4.69, 9.17) is 16.3 Å². The molecule has 0 fully saturated rings. The largest absolute Gasteiger partial charge is 0.494 e. The summed E-state index contributed by atoms with van der Waals surface area (Å²) in [7, 11) is 0. The summed E-state index contributed by atoms with van der Waals surface area (Å²) >= 11 is 6.12. The van der Waals surface area contributed by atoms with Crippen molar-refractivity contribution in [1.82, 2.24) is 0 Å². The van der Waals surface area contributed by atoms with E-state index >= 15 is 0 Å². The predicted octanol–water partition coefficient (Wildman–Crippen LogP) is 6.26. The molecule has 140 valence electrons. The lowest BCUT2D eigenvalue weighted by atomic mass is 10.1. The molecule has 4 heteroatoms. The molecule has 0 radical (unpaired) electrons. The first-order valence-electron chi connectivity index (χ1n) is 9.45. The Morgan fingerprint density at radius 2 is 1.73 bits per heavy atom. The lowest BCUT2D eigenvalue weighted by molar-refractivity contribution is -0.116. The summed E-state index contributed by atoms with van der Waals surface area (Å²) in [5, 5.41) is 3.62. The minimum absolute atomic E-state index is 0.0190. The standard InChI is InChI=1S/C22H28ClNO2/c1-2-3-4-5-8-17-26-20-14-12-19(13-15-20)24-22(25)16-11-18-9-6-7-10-21(18)23/h6-7,9-10,12-15H,2-5,8,11,16-17H2,1H3,(H,24,25). The minimum Gasteiger partial charge on any atom is -0.494 e. The highest BCUT2D eigenvalue weighted by atomic mass is 35.5. The second-order valence-corrected chi connectivity index (χ2v) is 6.83. The summed E-state index contributed by atoms with van der Waals surface area (Å²) in [6.07, 6.45) is 7.16. The number of hydrogen-bond acceptors (Lipinski definition) is 2. The number of carbonyl (C=O) groups is 1. The number of ether oxygens (including phenoxy) is 1. The van der Waals surface area contributed by atoms with E-state index in [0.717, 1.165) is 30.0 Å². The van der Waals surface area contributed by atoms with Gasteiger partial charge in [0.15, 0.2) is 0 Å². The smallest absolute Gasteiger partial charge is 0.224 e. The van der Waals surface area contributed by atoms with Crippen molar-refractivity contribution in [2.24, 2.45) is 0 Å². The average Bonchev–Trinajstić information content (AvgIpc) is 2.65. The molecule has 0 aliphatic heterocycles. The number of anilines is 1. The Balaban J connectivity index is 1.69. The fourth-order valence-corrected chi connectivity index (χ4v) is 2.93. The highest BCUT2D eigenvalue weighted by Gasteiger charge is 2.06. The Morgan fingerprint density at radius 1 is 1.00 bits per heavy atom. The van der Waals surface area contributed by atoms with Crippen molar-refractivity contribution in [3.05, 3.63) is 59.1 Å². The van der Waals surface area contributed by atoms with Crippen molar-refractivity contribution >= 4 is 23.2 Å². The van der Waals surface area contributed by atoms with Gasteiger partial charge >= 0.3 is 0 Å². The van der Waals surface area contributed by atoms with Gasteiger partial charge in [0.25, 0.3) is 0 Å². The molecule has 0 aromatic heterocycles. The molecule has 0 spiro atoms. The molecule has 0 bridgehead atoms. The summed E-state index contributed by atoms with van der Waals surface area (Å²) < 4.78 is 5.74. The van der Waals surface area contributed by atoms with Gasteiger partial charge in [-0.1, -0.05) is 62.4 Å². The summed E-state index contributed by atoms with van der Waals surface area (Å²) in [6, 6.07) is 15.2. The molecule has 0 aliphatic carbocycles. The van der Waals surface area contributed by atoms with Gasteiger partial charge in [0.1, 0.15) is 5.75 Å². The van der Waals surface area contributed by atoms with E-state index < -0.39 is 0 Å². The number of nitrogens with one attached hydrogen (secondary N) is 1. The van der Waals surface area contributed by atoms with Crippen LogP contribution in [0, 0.1) is 0 Å². The molecule has 0 unspecified atom stereocenters. The van der Waals surface area contributed by atoms with Crippen molar-refractivity contribution < 1.29 is 9.53 Å². The van der Waals surface area contributed by atoms with Crippen LogP contribution in [-0.2, 0) is 11.2 Å². The monoisotopic (exact) mass is 373 g/mol. The molecule has 0 atom stereocenters. The third-order valence-electron chi connectivity index (χ3n) is 4.23. The van der Waals surface area contributed by atoms with Gasteiger partial charge in [0, 0.05) is 17.1 Å². The summed E-state index contributed by atoms with van der Waals surface area (Å²) in [6.45, 7) is 2.96. The van der Waals surface area contributed by atoms with Crippen molar-refractivity contribution in [2.45, 2.75) is 51.9 Å². The Labute approximate surface area is 161 Å². The van der Waals surface area contributed by atoms with E-state index in [1.807, 2.05) is 48.5 Å². The molecule has 1 amide bonds. The second-order valence-electron chi connectivity index (χ2n) is 6.43. The topological polar surface area (TPSA) is 38.3 Å². The molecule has 1 N–H and O–H groups in total. The van der Waals surface area contributed by atoms with Crippen LogP contribution in [0.1, 0.15) is 51.0 Å². The minimum atomic E-state index is -0.0190. The second kappa shape index (κ2) is 11.6. The number of unbranched alkanes of at least 4 members (excludes halogenated alkanes) is 4. The molecular weight excluding hydrogens is 346 g/mol. The number of hydrogen-bond donors (Lipinski definition) is 1. The molecule has 2 aromatic carbocycles. The Morgan fingerprint density at radius 3 is 2.46 bits per heavy atom. The van der Waals surface area contributed by atoms with Crippen LogP contribution in [0.3, 0.4) is 0 Å². The maximum atomic E-state index is 12.1. The molecule has 3 nitrogen and oxygen atoms in total. The van der Waals surface area contributed by atoms with Crippen LogP contribution in [-0.4, -0.2) is 12.5 Å². The first-order chi connectivity index (χ1) is 12.7. The summed E-state index contributed by atoms with van der Waals surface area (Å²) in [4.78, 5) is 12.1. The number of aryl methyl sites for hydroxylation is 1. The molecule has 26 heavy (non-hydrogen) atoms. The van der Waals surface area contributed by atoms with E-state index in [-0.39, 0.29) is 5.91 Å². The average molecular weight is 374 g/mol. The normalized spacial score (nSPS) is 10.5. The van der Waals surface area contributed by atoms with Gasteiger partial charge in [-0.2, -0.15) is 0 Å². The van der Waals surface area contributed by atoms with E-state index in [1.165, 1.54) is 25.7 Å². The van der Waals surface area contributed by atoms with Gasteiger partial charge in [-0.05, 0) is 48.7 Å². The lowest BCUT2D eigenvalue weighted by Gasteiger charge is -2.09. The number of benzene rings is 2. The fourth-order valence-electron chi connectivity index (χ4n) is 2.70.